The van der Waals surface area contributed by atoms with E-state index in [1.807, 2.05) is 43.3 Å². The SMILES string of the molecule is Cc1ccc2nc(S(=O)Cc3ccccn3)[nH]c2c1. The lowest BCUT2D eigenvalue weighted by Crippen LogP contribution is -2.00. The van der Waals surface area contributed by atoms with Crippen LogP contribution in [0.4, 0.5) is 0 Å². The summed E-state index contributed by atoms with van der Waals surface area (Å²) in [6, 6.07) is 11.5. The molecule has 1 N–H and O–H groups in total. The number of hydrogen-bond donors (Lipinski definition) is 1. The van der Waals surface area contributed by atoms with Gasteiger partial charge in [-0.15, -0.1) is 0 Å². The van der Waals surface area contributed by atoms with E-state index in [2.05, 4.69) is 15.0 Å². The van der Waals surface area contributed by atoms with Crippen molar-refractivity contribution in [3.63, 3.8) is 0 Å². The summed E-state index contributed by atoms with van der Waals surface area (Å²) in [5.41, 5.74) is 3.72. The number of hydrogen-bond acceptors (Lipinski definition) is 3. The molecule has 0 aliphatic rings. The Balaban J connectivity index is 1.89. The van der Waals surface area contributed by atoms with Gasteiger partial charge in [0.25, 0.3) is 0 Å². The highest BCUT2D eigenvalue weighted by Gasteiger charge is 2.11. The number of benzene rings is 1. The number of imidazole rings is 1. The second kappa shape index (κ2) is 4.93. The molecule has 2 heterocycles. The molecule has 0 aliphatic carbocycles. The first-order valence-corrected chi connectivity index (χ1v) is 7.29. The molecule has 19 heavy (non-hydrogen) atoms. The average molecular weight is 271 g/mol. The lowest BCUT2D eigenvalue weighted by Gasteiger charge is -1.97. The number of rotatable bonds is 3. The first-order valence-electron chi connectivity index (χ1n) is 5.97. The number of aryl methyl sites for hydroxylation is 1. The largest absolute Gasteiger partial charge is 0.331 e. The van der Waals surface area contributed by atoms with Crippen molar-refractivity contribution < 1.29 is 4.21 Å². The van der Waals surface area contributed by atoms with Crippen LogP contribution in [0.5, 0.6) is 0 Å². The van der Waals surface area contributed by atoms with E-state index in [9.17, 15) is 4.21 Å². The van der Waals surface area contributed by atoms with Gasteiger partial charge in [-0.25, -0.2) is 4.98 Å². The van der Waals surface area contributed by atoms with Gasteiger partial charge in [0.1, 0.15) is 0 Å². The molecule has 0 saturated carbocycles. The van der Waals surface area contributed by atoms with E-state index in [-0.39, 0.29) is 0 Å². The molecule has 3 aromatic rings. The third-order valence-corrected chi connectivity index (χ3v) is 4.02. The van der Waals surface area contributed by atoms with Gasteiger partial charge >= 0.3 is 0 Å². The zero-order chi connectivity index (χ0) is 13.2. The summed E-state index contributed by atoms with van der Waals surface area (Å²) in [7, 11) is -1.20. The molecule has 96 valence electrons. The zero-order valence-corrected chi connectivity index (χ0v) is 11.3. The molecule has 0 saturated heterocycles. The van der Waals surface area contributed by atoms with Gasteiger partial charge in [0.2, 0.25) is 0 Å². The quantitative estimate of drug-likeness (QED) is 0.796. The number of pyridine rings is 1. The van der Waals surface area contributed by atoms with Crippen LogP contribution in [0, 0.1) is 6.92 Å². The second-order valence-electron chi connectivity index (χ2n) is 4.37. The van der Waals surface area contributed by atoms with Crippen LogP contribution >= 0.6 is 0 Å². The normalized spacial score (nSPS) is 12.7. The standard InChI is InChI=1S/C14H13N3OS/c1-10-5-6-12-13(8-10)17-14(16-12)19(18)9-11-4-2-3-7-15-11/h2-8H,9H2,1H3,(H,16,17). The van der Waals surface area contributed by atoms with Crippen molar-refractivity contribution in [3.8, 4) is 0 Å². The number of nitrogens with one attached hydrogen (secondary N) is 1. The number of aromatic nitrogens is 3. The van der Waals surface area contributed by atoms with Crippen molar-refractivity contribution >= 4 is 21.8 Å². The first-order chi connectivity index (χ1) is 9.22. The number of nitrogens with zero attached hydrogens (tertiary/aromatic N) is 2. The van der Waals surface area contributed by atoms with E-state index in [1.54, 1.807) is 6.20 Å². The van der Waals surface area contributed by atoms with Gasteiger partial charge < -0.3 is 4.98 Å². The monoisotopic (exact) mass is 271 g/mol. The van der Waals surface area contributed by atoms with Gasteiger partial charge in [-0.2, -0.15) is 0 Å². The van der Waals surface area contributed by atoms with Gasteiger partial charge in [-0.3, -0.25) is 9.19 Å². The molecule has 0 radical (unpaired) electrons. The average Bonchev–Trinajstić information content (AvgIpc) is 2.83. The summed E-state index contributed by atoms with van der Waals surface area (Å²) in [6.45, 7) is 2.02. The van der Waals surface area contributed by atoms with Crippen LogP contribution in [0.15, 0.2) is 47.8 Å². The third kappa shape index (κ3) is 2.56. The van der Waals surface area contributed by atoms with Crippen LogP contribution in [0.2, 0.25) is 0 Å². The van der Waals surface area contributed by atoms with Gasteiger partial charge in [0.15, 0.2) is 5.16 Å². The Morgan fingerprint density at radius 1 is 1.26 bits per heavy atom. The minimum Gasteiger partial charge on any atom is -0.331 e. The van der Waals surface area contributed by atoms with Crippen LogP contribution in [-0.4, -0.2) is 19.2 Å². The van der Waals surface area contributed by atoms with Gasteiger partial charge in [-0.05, 0) is 36.8 Å². The van der Waals surface area contributed by atoms with E-state index >= 15 is 0 Å². The highest BCUT2D eigenvalue weighted by atomic mass is 32.2. The van der Waals surface area contributed by atoms with E-state index in [4.69, 9.17) is 0 Å². The Morgan fingerprint density at radius 2 is 2.16 bits per heavy atom. The van der Waals surface area contributed by atoms with Crippen molar-refractivity contribution in [2.45, 2.75) is 17.8 Å². The van der Waals surface area contributed by atoms with Gasteiger partial charge in [-0.1, -0.05) is 12.1 Å². The van der Waals surface area contributed by atoms with Crippen molar-refractivity contribution in [1.82, 2.24) is 15.0 Å². The summed E-state index contributed by atoms with van der Waals surface area (Å²) in [5, 5.41) is 0.506. The maximum absolute atomic E-state index is 12.2. The molecule has 1 atom stereocenters. The minimum absolute atomic E-state index is 0.375. The molecule has 5 heteroatoms. The highest BCUT2D eigenvalue weighted by molar-refractivity contribution is 7.84. The summed E-state index contributed by atoms with van der Waals surface area (Å²) < 4.78 is 12.2. The maximum Gasteiger partial charge on any atom is 0.197 e. The Labute approximate surface area is 113 Å². The summed E-state index contributed by atoms with van der Waals surface area (Å²) in [6.07, 6.45) is 1.70. The summed E-state index contributed by atoms with van der Waals surface area (Å²) >= 11 is 0. The Kier molecular flexibility index (Phi) is 3.13. The van der Waals surface area contributed by atoms with Crippen LogP contribution in [-0.2, 0) is 16.6 Å². The van der Waals surface area contributed by atoms with Crippen molar-refractivity contribution in [1.29, 1.82) is 0 Å². The lowest BCUT2D eigenvalue weighted by atomic mass is 10.2. The number of aromatic amines is 1. The molecule has 0 amide bonds. The first kappa shape index (κ1) is 12.0. The highest BCUT2D eigenvalue weighted by Crippen LogP contribution is 2.16. The lowest BCUT2D eigenvalue weighted by molar-refractivity contribution is 0.677. The van der Waals surface area contributed by atoms with Crippen molar-refractivity contribution in [3.05, 3.63) is 53.9 Å². The molecule has 0 spiro atoms. The number of H-pyrrole nitrogens is 1. The third-order valence-electron chi connectivity index (χ3n) is 2.84. The van der Waals surface area contributed by atoms with E-state index < -0.39 is 10.8 Å². The molecule has 2 aromatic heterocycles. The molecule has 0 fully saturated rings. The Morgan fingerprint density at radius 3 is 2.95 bits per heavy atom. The Hall–Kier alpha value is -2.01. The molecular weight excluding hydrogens is 258 g/mol. The molecule has 0 aliphatic heterocycles. The van der Waals surface area contributed by atoms with Gasteiger partial charge in [0.05, 0.1) is 33.3 Å². The van der Waals surface area contributed by atoms with Crippen molar-refractivity contribution in [2.75, 3.05) is 0 Å². The molecule has 1 aromatic carbocycles. The smallest absolute Gasteiger partial charge is 0.197 e. The fourth-order valence-corrected chi connectivity index (χ4v) is 2.89. The van der Waals surface area contributed by atoms with E-state index in [0.717, 1.165) is 22.3 Å². The maximum atomic E-state index is 12.2. The molecule has 0 bridgehead atoms. The molecular formula is C14H13N3OS. The van der Waals surface area contributed by atoms with Crippen LogP contribution < -0.4 is 0 Å². The molecule has 3 rings (SSSR count). The number of fused-ring (bicyclic) bond motifs is 1. The predicted molar refractivity (Wildman–Crippen MR) is 75.2 cm³/mol. The van der Waals surface area contributed by atoms with Crippen LogP contribution in [0.25, 0.3) is 11.0 Å². The van der Waals surface area contributed by atoms with E-state index in [0.29, 0.717) is 10.9 Å². The fraction of sp³-hybridized carbons (Fsp3) is 0.143. The topological polar surface area (TPSA) is 58.6 Å². The second-order valence-corrected chi connectivity index (χ2v) is 5.74. The van der Waals surface area contributed by atoms with Crippen LogP contribution in [0.1, 0.15) is 11.3 Å². The van der Waals surface area contributed by atoms with Crippen LogP contribution in [0.3, 0.4) is 0 Å². The zero-order valence-electron chi connectivity index (χ0n) is 10.5. The molecule has 4 nitrogen and oxygen atoms in total. The Bertz CT molecular complexity index is 737. The predicted octanol–water partition coefficient (Wildman–Crippen LogP) is 2.57. The molecule has 1 unspecified atom stereocenters. The minimum atomic E-state index is -1.20. The summed E-state index contributed by atoms with van der Waals surface area (Å²) in [5.74, 6) is 0.375. The van der Waals surface area contributed by atoms with E-state index in [1.165, 1.54) is 0 Å². The van der Waals surface area contributed by atoms with Crippen molar-refractivity contribution in [2.24, 2.45) is 0 Å². The van der Waals surface area contributed by atoms with Gasteiger partial charge in [0, 0.05) is 6.20 Å². The summed E-state index contributed by atoms with van der Waals surface area (Å²) in [4.78, 5) is 11.7. The fourth-order valence-electron chi connectivity index (χ4n) is 1.89.